The zero-order valence-electron chi connectivity index (χ0n) is 15.5. The van der Waals surface area contributed by atoms with Crippen LogP contribution in [0.3, 0.4) is 0 Å². The summed E-state index contributed by atoms with van der Waals surface area (Å²) in [6.45, 7) is 0.258. The predicted molar refractivity (Wildman–Crippen MR) is 105 cm³/mol. The van der Waals surface area contributed by atoms with E-state index >= 15 is 0 Å². The van der Waals surface area contributed by atoms with Gasteiger partial charge in [0.25, 0.3) is 18.2 Å². The second kappa shape index (κ2) is 8.16. The van der Waals surface area contributed by atoms with Crippen LogP contribution in [0.1, 0.15) is 38.7 Å². The number of hydrogen-bond donors (Lipinski definition) is 3. The maximum absolute atomic E-state index is 12.7. The number of amides is 2. The molecular weight excluding hydrogens is 394 g/mol. The van der Waals surface area contributed by atoms with Crippen LogP contribution in [0.5, 0.6) is 0 Å². The Morgan fingerprint density at radius 3 is 2.57 bits per heavy atom. The van der Waals surface area contributed by atoms with Crippen LogP contribution in [0.4, 0.5) is 14.5 Å². The minimum atomic E-state index is -2.71. The fraction of sp³-hybridized carbons (Fsp3) is 0.0952. The molecule has 0 spiro atoms. The Kier molecular flexibility index (Phi) is 5.25. The van der Waals surface area contributed by atoms with Gasteiger partial charge in [-0.3, -0.25) is 9.59 Å². The van der Waals surface area contributed by atoms with Gasteiger partial charge in [-0.25, -0.2) is 13.8 Å². The second-order valence-electron chi connectivity index (χ2n) is 6.47. The number of imidazole rings is 1. The zero-order chi connectivity index (χ0) is 21.1. The summed E-state index contributed by atoms with van der Waals surface area (Å²) in [4.78, 5) is 30.6. The number of furan rings is 1. The fourth-order valence-electron chi connectivity index (χ4n) is 2.86. The summed E-state index contributed by atoms with van der Waals surface area (Å²) >= 11 is 0. The molecule has 0 aliphatic rings. The smallest absolute Gasteiger partial charge is 0.295 e. The molecule has 9 heteroatoms. The van der Waals surface area contributed by atoms with Crippen LogP contribution >= 0.6 is 0 Å². The third kappa shape index (κ3) is 4.19. The highest BCUT2D eigenvalue weighted by molar-refractivity contribution is 6.02. The molecule has 2 amide bonds. The molecule has 0 saturated carbocycles. The van der Waals surface area contributed by atoms with Crippen LogP contribution < -0.4 is 10.6 Å². The van der Waals surface area contributed by atoms with E-state index in [9.17, 15) is 18.4 Å². The number of fused-ring (bicyclic) bond motifs is 1. The maximum atomic E-state index is 12.7. The van der Waals surface area contributed by atoms with E-state index in [0.717, 1.165) is 5.56 Å². The number of halogens is 2. The molecule has 7 nitrogen and oxygen atoms in total. The molecule has 152 valence electrons. The van der Waals surface area contributed by atoms with E-state index in [-0.39, 0.29) is 24.1 Å². The van der Waals surface area contributed by atoms with Crippen LogP contribution in [0.25, 0.3) is 11.0 Å². The second-order valence-corrected chi connectivity index (χ2v) is 6.47. The molecule has 0 atom stereocenters. The predicted octanol–water partition coefficient (Wildman–Crippen LogP) is 4.28. The molecular formula is C21H16F2N4O3. The van der Waals surface area contributed by atoms with Crippen molar-refractivity contribution in [2.75, 3.05) is 5.32 Å². The van der Waals surface area contributed by atoms with Crippen molar-refractivity contribution in [1.29, 1.82) is 0 Å². The average molecular weight is 410 g/mol. The number of H-pyrrole nitrogens is 1. The Morgan fingerprint density at radius 1 is 1.07 bits per heavy atom. The number of anilines is 1. The maximum Gasteiger partial charge on any atom is 0.295 e. The van der Waals surface area contributed by atoms with Crippen molar-refractivity contribution in [2.24, 2.45) is 0 Å². The highest BCUT2D eigenvalue weighted by Gasteiger charge is 2.14. The Labute approximate surface area is 169 Å². The number of benzene rings is 2. The lowest BCUT2D eigenvalue weighted by Crippen LogP contribution is -2.22. The molecule has 0 unspecified atom stereocenters. The van der Waals surface area contributed by atoms with E-state index in [1.807, 2.05) is 0 Å². The van der Waals surface area contributed by atoms with E-state index in [2.05, 4.69) is 20.6 Å². The minimum absolute atomic E-state index is 0.209. The van der Waals surface area contributed by atoms with Crippen molar-refractivity contribution in [2.45, 2.75) is 13.0 Å². The van der Waals surface area contributed by atoms with Crippen LogP contribution in [-0.2, 0) is 6.54 Å². The van der Waals surface area contributed by atoms with Crippen molar-refractivity contribution >= 4 is 28.5 Å². The lowest BCUT2D eigenvalue weighted by Gasteiger charge is -2.07. The van der Waals surface area contributed by atoms with Gasteiger partial charge in [0.15, 0.2) is 11.6 Å². The molecule has 2 aromatic carbocycles. The van der Waals surface area contributed by atoms with E-state index in [0.29, 0.717) is 22.3 Å². The molecule has 0 radical (unpaired) electrons. The monoisotopic (exact) mass is 410 g/mol. The molecule has 0 aliphatic carbocycles. The highest BCUT2D eigenvalue weighted by atomic mass is 19.3. The summed E-state index contributed by atoms with van der Waals surface area (Å²) in [5.74, 6) is -0.923. The Balaban J connectivity index is 1.36. The van der Waals surface area contributed by atoms with Crippen molar-refractivity contribution < 1.29 is 22.8 Å². The molecule has 2 heterocycles. The molecule has 0 bridgehead atoms. The van der Waals surface area contributed by atoms with Gasteiger partial charge in [0, 0.05) is 17.8 Å². The summed E-state index contributed by atoms with van der Waals surface area (Å²) in [6, 6.07) is 14.7. The van der Waals surface area contributed by atoms with Crippen molar-refractivity contribution in [3.8, 4) is 0 Å². The van der Waals surface area contributed by atoms with E-state index in [1.54, 1.807) is 36.4 Å². The summed E-state index contributed by atoms with van der Waals surface area (Å²) in [5, 5.41) is 5.47. The van der Waals surface area contributed by atoms with Gasteiger partial charge < -0.3 is 20.0 Å². The molecule has 3 N–H and O–H groups in total. The fourth-order valence-corrected chi connectivity index (χ4v) is 2.86. The average Bonchev–Trinajstić information content (AvgIpc) is 3.42. The summed E-state index contributed by atoms with van der Waals surface area (Å²) in [5.41, 5.74) is 2.48. The number of hydrogen-bond acceptors (Lipinski definition) is 4. The topological polar surface area (TPSA) is 100 Å². The molecule has 4 aromatic rings. The third-order valence-corrected chi connectivity index (χ3v) is 4.38. The third-order valence-electron chi connectivity index (χ3n) is 4.38. The van der Waals surface area contributed by atoms with Gasteiger partial charge in [-0.1, -0.05) is 12.1 Å². The standard InChI is InChI=1S/C21H16F2N4O3/c22-18(23)19-26-15-8-5-13(10-16(15)27-19)20(28)24-11-12-3-6-14(7-4-12)25-21(29)17-2-1-9-30-17/h1-10,18H,11H2,(H,24,28)(H,25,29)(H,26,27). The van der Waals surface area contributed by atoms with Crippen LogP contribution in [-0.4, -0.2) is 21.8 Å². The summed E-state index contributed by atoms with van der Waals surface area (Å²) in [7, 11) is 0. The van der Waals surface area contributed by atoms with Gasteiger partial charge in [-0.15, -0.1) is 0 Å². The van der Waals surface area contributed by atoms with Gasteiger partial charge in [0.2, 0.25) is 0 Å². The Morgan fingerprint density at radius 2 is 1.87 bits per heavy atom. The van der Waals surface area contributed by atoms with Gasteiger partial charge in [0.05, 0.1) is 17.3 Å². The van der Waals surface area contributed by atoms with Crippen LogP contribution in [0, 0.1) is 0 Å². The number of nitrogens with one attached hydrogen (secondary N) is 3. The number of carbonyl (C=O) groups excluding carboxylic acids is 2. The van der Waals surface area contributed by atoms with E-state index < -0.39 is 12.2 Å². The first kappa shape index (κ1) is 19.3. The van der Waals surface area contributed by atoms with Crippen molar-refractivity contribution in [3.63, 3.8) is 0 Å². The Hall–Kier alpha value is -4.01. The molecule has 0 fully saturated rings. The van der Waals surface area contributed by atoms with Gasteiger partial charge in [-0.05, 0) is 48.0 Å². The number of carbonyl (C=O) groups is 2. The van der Waals surface area contributed by atoms with Gasteiger partial charge >= 0.3 is 0 Å². The Bertz CT molecular complexity index is 1180. The van der Waals surface area contributed by atoms with E-state index in [1.165, 1.54) is 24.5 Å². The number of aromatic amines is 1. The lowest BCUT2D eigenvalue weighted by atomic mass is 10.1. The summed E-state index contributed by atoms with van der Waals surface area (Å²) in [6.07, 6.45) is -1.29. The minimum Gasteiger partial charge on any atom is -0.459 e. The van der Waals surface area contributed by atoms with Gasteiger partial charge in [-0.2, -0.15) is 0 Å². The van der Waals surface area contributed by atoms with E-state index in [4.69, 9.17) is 4.42 Å². The zero-order valence-corrected chi connectivity index (χ0v) is 15.5. The molecule has 0 saturated heterocycles. The number of nitrogens with zero attached hydrogens (tertiary/aromatic N) is 1. The SMILES string of the molecule is O=C(NCc1ccc(NC(=O)c2ccco2)cc1)c1ccc2nc(C(F)F)[nH]c2c1. The molecule has 0 aliphatic heterocycles. The number of aromatic nitrogens is 2. The molecule has 30 heavy (non-hydrogen) atoms. The van der Waals surface area contributed by atoms with Crippen molar-refractivity contribution in [3.05, 3.63) is 83.6 Å². The first-order valence-corrected chi connectivity index (χ1v) is 8.99. The molecule has 4 rings (SSSR count). The quantitative estimate of drug-likeness (QED) is 0.442. The number of alkyl halides is 2. The largest absolute Gasteiger partial charge is 0.459 e. The van der Waals surface area contributed by atoms with Gasteiger partial charge in [0.1, 0.15) is 0 Å². The normalized spacial score (nSPS) is 11.0. The summed E-state index contributed by atoms with van der Waals surface area (Å²) < 4.78 is 30.5. The van der Waals surface area contributed by atoms with Crippen molar-refractivity contribution in [1.82, 2.24) is 15.3 Å². The van der Waals surface area contributed by atoms with Crippen LogP contribution in [0.2, 0.25) is 0 Å². The lowest BCUT2D eigenvalue weighted by molar-refractivity contribution is 0.0950. The van der Waals surface area contributed by atoms with Crippen LogP contribution in [0.15, 0.2) is 65.3 Å². The number of rotatable bonds is 6. The first-order valence-electron chi connectivity index (χ1n) is 8.99. The first-order chi connectivity index (χ1) is 14.5. The highest BCUT2D eigenvalue weighted by Crippen LogP contribution is 2.20. The molecule has 2 aromatic heterocycles.